The Hall–Kier alpha value is -2.05. The number of ether oxygens (including phenoxy) is 2. The lowest BCUT2D eigenvalue weighted by Crippen LogP contribution is -2.41. The van der Waals surface area contributed by atoms with E-state index < -0.39 is 18.3 Å². The molecule has 1 aromatic carbocycles. The van der Waals surface area contributed by atoms with Gasteiger partial charge in [-0.2, -0.15) is 0 Å². The Balaban J connectivity index is 1.76. The fraction of sp³-hybridized carbons (Fsp3) is 0.421. The van der Waals surface area contributed by atoms with Crippen LogP contribution in [0.15, 0.2) is 42.6 Å². The minimum Gasteiger partial charge on any atom is -0.491 e. The summed E-state index contributed by atoms with van der Waals surface area (Å²) in [5, 5.41) is 0. The minimum absolute atomic E-state index is 0.395. The fourth-order valence-corrected chi connectivity index (χ4v) is 2.54. The first-order chi connectivity index (χ1) is 11.8. The number of nitrogens with zero attached hydrogens (tertiary/aromatic N) is 1. The van der Waals surface area contributed by atoms with E-state index in [0.717, 1.165) is 11.0 Å². The monoisotopic (exact) mass is 341 g/mol. The molecular weight excluding hydrogens is 317 g/mol. The van der Waals surface area contributed by atoms with Gasteiger partial charge in [0.05, 0.1) is 18.3 Å². The number of benzene rings is 1. The van der Waals surface area contributed by atoms with E-state index in [1.165, 1.54) is 0 Å². The molecule has 5 nitrogen and oxygen atoms in total. The maximum atomic E-state index is 6.06. The molecule has 1 fully saturated rings. The predicted octanol–water partition coefficient (Wildman–Crippen LogP) is 2.97. The second-order valence-electron chi connectivity index (χ2n) is 7.14. The molecule has 3 rings (SSSR count). The Morgan fingerprint density at radius 3 is 2.28 bits per heavy atom. The van der Waals surface area contributed by atoms with E-state index in [1.807, 2.05) is 64.1 Å². The summed E-state index contributed by atoms with van der Waals surface area (Å²) in [6.45, 7) is 8.52. The Morgan fingerprint density at radius 1 is 1.04 bits per heavy atom. The summed E-state index contributed by atoms with van der Waals surface area (Å²) in [5.74, 6) is 1.01. The van der Waals surface area contributed by atoms with Crippen molar-refractivity contribution >= 4 is 12.6 Å². The molecule has 0 aliphatic carbocycles. The lowest BCUT2D eigenvalue weighted by atomic mass is 9.80. The maximum Gasteiger partial charge on any atom is 0.496 e. The first kappa shape index (κ1) is 17.8. The van der Waals surface area contributed by atoms with Crippen molar-refractivity contribution in [2.75, 3.05) is 7.11 Å². The molecule has 0 unspecified atom stereocenters. The second-order valence-corrected chi connectivity index (χ2v) is 7.14. The van der Waals surface area contributed by atoms with Crippen LogP contribution in [0.3, 0.4) is 0 Å². The molecule has 0 atom stereocenters. The number of pyridine rings is 1. The van der Waals surface area contributed by atoms with Gasteiger partial charge < -0.3 is 18.8 Å². The lowest BCUT2D eigenvalue weighted by Gasteiger charge is -2.32. The minimum atomic E-state index is -0.477. The van der Waals surface area contributed by atoms with Crippen molar-refractivity contribution in [3.63, 3.8) is 0 Å². The Labute approximate surface area is 149 Å². The normalized spacial score (nSPS) is 18.2. The summed E-state index contributed by atoms with van der Waals surface area (Å²) in [6, 6.07) is 11.8. The zero-order valence-corrected chi connectivity index (χ0v) is 15.4. The van der Waals surface area contributed by atoms with E-state index in [1.54, 1.807) is 13.3 Å². The molecule has 25 heavy (non-hydrogen) atoms. The van der Waals surface area contributed by atoms with Gasteiger partial charge in [-0.1, -0.05) is 30.3 Å². The molecule has 132 valence electrons. The van der Waals surface area contributed by atoms with Crippen LogP contribution in [0.1, 0.15) is 33.3 Å². The summed E-state index contributed by atoms with van der Waals surface area (Å²) in [4.78, 5) is 4.40. The van der Waals surface area contributed by atoms with Gasteiger partial charge in [0.15, 0.2) is 5.75 Å². The zero-order valence-electron chi connectivity index (χ0n) is 15.4. The van der Waals surface area contributed by atoms with Crippen LogP contribution in [0.4, 0.5) is 0 Å². The van der Waals surface area contributed by atoms with E-state index in [4.69, 9.17) is 18.8 Å². The molecule has 0 bridgehead atoms. The Morgan fingerprint density at radius 2 is 1.68 bits per heavy atom. The maximum absolute atomic E-state index is 6.06. The molecule has 2 aromatic rings. The van der Waals surface area contributed by atoms with E-state index >= 15 is 0 Å². The molecule has 1 aliphatic rings. The van der Waals surface area contributed by atoms with Crippen molar-refractivity contribution in [2.45, 2.75) is 45.5 Å². The third kappa shape index (κ3) is 3.65. The van der Waals surface area contributed by atoms with Gasteiger partial charge in [-0.25, -0.2) is 4.98 Å². The van der Waals surface area contributed by atoms with Crippen molar-refractivity contribution < 1.29 is 18.8 Å². The molecule has 0 radical (unpaired) electrons. The highest BCUT2D eigenvalue weighted by atomic mass is 16.7. The van der Waals surface area contributed by atoms with Crippen molar-refractivity contribution in [1.82, 2.24) is 4.98 Å². The van der Waals surface area contributed by atoms with Crippen molar-refractivity contribution in [1.29, 1.82) is 0 Å². The van der Waals surface area contributed by atoms with Crippen LogP contribution in [0.5, 0.6) is 11.6 Å². The van der Waals surface area contributed by atoms with E-state index in [0.29, 0.717) is 18.2 Å². The fourth-order valence-electron chi connectivity index (χ4n) is 2.54. The molecule has 1 saturated heterocycles. The average Bonchev–Trinajstić information content (AvgIpc) is 2.81. The van der Waals surface area contributed by atoms with Gasteiger partial charge in [0, 0.05) is 11.7 Å². The summed E-state index contributed by atoms with van der Waals surface area (Å²) >= 11 is 0. The standard InChI is InChI=1S/C19H24BNO4/c1-18(2)19(3,4)25-20(24-18)15-11-16(22-5)17(21-12-15)23-13-14-9-7-6-8-10-14/h6-12H,13H2,1-5H3. The first-order valence-corrected chi connectivity index (χ1v) is 8.39. The molecular formula is C19H24BNO4. The molecule has 0 saturated carbocycles. The third-order valence-corrected chi connectivity index (χ3v) is 4.80. The molecule has 6 heteroatoms. The Bertz CT molecular complexity index is 717. The molecule has 2 heterocycles. The van der Waals surface area contributed by atoms with Crippen LogP contribution in [0.25, 0.3) is 0 Å². The summed E-state index contributed by atoms with van der Waals surface area (Å²) in [7, 11) is 1.12. The molecule has 0 N–H and O–H groups in total. The quantitative estimate of drug-likeness (QED) is 0.783. The Kier molecular flexibility index (Phi) is 4.76. The van der Waals surface area contributed by atoms with Crippen LogP contribution in [0, 0.1) is 0 Å². The third-order valence-electron chi connectivity index (χ3n) is 4.80. The summed E-state index contributed by atoms with van der Waals surface area (Å²) in [5.41, 5.74) is 1.09. The highest BCUT2D eigenvalue weighted by Crippen LogP contribution is 2.37. The van der Waals surface area contributed by atoms with E-state index in [2.05, 4.69) is 4.98 Å². The molecule has 1 aliphatic heterocycles. The van der Waals surface area contributed by atoms with Crippen LogP contribution in [0.2, 0.25) is 0 Å². The van der Waals surface area contributed by atoms with E-state index in [-0.39, 0.29) is 0 Å². The van der Waals surface area contributed by atoms with Crippen LogP contribution >= 0.6 is 0 Å². The lowest BCUT2D eigenvalue weighted by molar-refractivity contribution is 0.00578. The number of aromatic nitrogens is 1. The van der Waals surface area contributed by atoms with Gasteiger partial charge in [0.25, 0.3) is 5.88 Å². The predicted molar refractivity (Wildman–Crippen MR) is 97.3 cm³/mol. The highest BCUT2D eigenvalue weighted by Gasteiger charge is 2.52. The van der Waals surface area contributed by atoms with Gasteiger partial charge in [0.1, 0.15) is 6.61 Å². The summed E-state index contributed by atoms with van der Waals surface area (Å²) < 4.78 is 23.4. The second kappa shape index (κ2) is 6.69. The SMILES string of the molecule is COc1cc(B2OC(C)(C)C(C)(C)O2)cnc1OCc1ccccc1. The van der Waals surface area contributed by atoms with Gasteiger partial charge in [0.2, 0.25) is 0 Å². The number of rotatable bonds is 5. The van der Waals surface area contributed by atoms with Gasteiger partial charge in [-0.05, 0) is 39.3 Å². The topological polar surface area (TPSA) is 49.8 Å². The average molecular weight is 341 g/mol. The molecule has 0 spiro atoms. The molecule has 1 aromatic heterocycles. The number of hydrogen-bond acceptors (Lipinski definition) is 5. The van der Waals surface area contributed by atoms with Crippen LogP contribution in [-0.4, -0.2) is 30.4 Å². The van der Waals surface area contributed by atoms with Crippen molar-refractivity contribution in [3.05, 3.63) is 48.2 Å². The summed E-state index contributed by atoms with van der Waals surface area (Å²) in [6.07, 6.45) is 1.71. The van der Waals surface area contributed by atoms with Crippen LogP contribution < -0.4 is 14.9 Å². The first-order valence-electron chi connectivity index (χ1n) is 8.39. The van der Waals surface area contributed by atoms with Crippen molar-refractivity contribution in [3.8, 4) is 11.6 Å². The largest absolute Gasteiger partial charge is 0.496 e. The molecule has 0 amide bonds. The number of hydrogen-bond donors (Lipinski definition) is 0. The zero-order chi connectivity index (χ0) is 18.1. The number of methoxy groups -OCH3 is 1. The highest BCUT2D eigenvalue weighted by molar-refractivity contribution is 6.62. The van der Waals surface area contributed by atoms with Gasteiger partial charge in [-0.15, -0.1) is 0 Å². The van der Waals surface area contributed by atoms with E-state index in [9.17, 15) is 0 Å². The van der Waals surface area contributed by atoms with Crippen LogP contribution in [-0.2, 0) is 15.9 Å². The van der Waals surface area contributed by atoms with Gasteiger partial charge in [-0.3, -0.25) is 0 Å². The van der Waals surface area contributed by atoms with Crippen molar-refractivity contribution in [2.24, 2.45) is 0 Å². The smallest absolute Gasteiger partial charge is 0.491 e. The van der Waals surface area contributed by atoms with Gasteiger partial charge >= 0.3 is 7.12 Å².